The minimum atomic E-state index is 0.544. The fourth-order valence-electron chi connectivity index (χ4n) is 0.346. The van der Waals surface area contributed by atoms with Crippen molar-refractivity contribution in [3.63, 3.8) is 0 Å². The molecule has 1 atom stereocenters. The molecule has 0 aromatic rings. The quantitative estimate of drug-likeness (QED) is 0.376. The van der Waals surface area contributed by atoms with Gasteiger partial charge < -0.3 is 0 Å². The lowest BCUT2D eigenvalue weighted by molar-refractivity contribution is 0.761. The Morgan fingerprint density at radius 1 is 1.75 bits per heavy atom. The Kier molecular flexibility index (Phi) is 4.07. The number of allylic oxidation sites excluding steroid dienone is 1. The minimum Gasteiger partial charge on any atom is -0.107 e. The molecule has 0 radical (unpaired) electrons. The molecule has 0 nitrogen and oxygen atoms in total. The predicted octanol–water partition coefficient (Wildman–Crippen LogP) is 2.22. The smallest absolute Gasteiger partial charge is 0.0149 e. The summed E-state index contributed by atoms with van der Waals surface area (Å²) in [6, 6.07) is 0. The molecule has 0 fully saturated rings. The fourth-order valence-corrected chi connectivity index (χ4v) is 0.346. The Morgan fingerprint density at radius 3 is 2.75 bits per heavy atom. The van der Waals surface area contributed by atoms with Crippen molar-refractivity contribution in [1.82, 2.24) is 0 Å². The van der Waals surface area contributed by atoms with Crippen LogP contribution < -0.4 is 0 Å². The van der Waals surface area contributed by atoms with Crippen molar-refractivity contribution in [2.45, 2.75) is 20.3 Å². The van der Waals surface area contributed by atoms with Crippen molar-refractivity contribution in [3.05, 3.63) is 12.7 Å². The van der Waals surface area contributed by atoms with Crippen LogP contribution in [-0.4, -0.2) is 0 Å². The second kappa shape index (κ2) is 4.46. The first-order chi connectivity index (χ1) is 3.81. The van der Waals surface area contributed by atoms with E-state index in [9.17, 15) is 0 Å². The van der Waals surface area contributed by atoms with Crippen LogP contribution in [0.5, 0.6) is 0 Å². The second-order valence-corrected chi connectivity index (χ2v) is 1.84. The summed E-state index contributed by atoms with van der Waals surface area (Å²) in [7, 11) is 0. The van der Waals surface area contributed by atoms with E-state index in [1.54, 1.807) is 0 Å². The molecule has 8 heavy (non-hydrogen) atoms. The van der Waals surface area contributed by atoms with Crippen LogP contribution in [-0.2, 0) is 0 Å². The van der Waals surface area contributed by atoms with Gasteiger partial charge in [-0.15, -0.1) is 18.4 Å². The van der Waals surface area contributed by atoms with E-state index in [2.05, 4.69) is 25.3 Å². The topological polar surface area (TPSA) is 0 Å². The normalized spacial score (nSPS) is 11.2. The average Bonchev–Trinajstić information content (AvgIpc) is 1.83. The lowest BCUT2D eigenvalue weighted by atomic mass is 10.1. The molecule has 0 aliphatic carbocycles. The predicted molar refractivity (Wildman–Crippen MR) is 37.4 cm³/mol. The van der Waals surface area contributed by atoms with Gasteiger partial charge in [0.25, 0.3) is 0 Å². The van der Waals surface area contributed by atoms with Gasteiger partial charge in [-0.1, -0.05) is 13.0 Å². The van der Waals surface area contributed by atoms with Crippen LogP contribution in [0.15, 0.2) is 12.7 Å². The SMILES string of the molecule is C=CC(C)CC#CC. The zero-order valence-electron chi connectivity index (χ0n) is 5.57. The Hall–Kier alpha value is -0.700. The molecule has 0 saturated carbocycles. The average molecular weight is 108 g/mol. The highest BCUT2D eigenvalue weighted by molar-refractivity contribution is 4.98. The summed E-state index contributed by atoms with van der Waals surface area (Å²) >= 11 is 0. The van der Waals surface area contributed by atoms with Crippen LogP contribution in [0.3, 0.4) is 0 Å². The van der Waals surface area contributed by atoms with Crippen molar-refractivity contribution in [1.29, 1.82) is 0 Å². The van der Waals surface area contributed by atoms with Crippen molar-refractivity contribution in [2.75, 3.05) is 0 Å². The Labute approximate surface area is 51.6 Å². The molecule has 0 aliphatic rings. The van der Waals surface area contributed by atoms with E-state index in [1.807, 2.05) is 13.0 Å². The monoisotopic (exact) mass is 108 g/mol. The van der Waals surface area contributed by atoms with Gasteiger partial charge in [0.1, 0.15) is 0 Å². The summed E-state index contributed by atoms with van der Waals surface area (Å²) in [4.78, 5) is 0. The molecule has 0 N–H and O–H groups in total. The first-order valence-electron chi connectivity index (χ1n) is 2.83. The summed E-state index contributed by atoms with van der Waals surface area (Å²) in [6.45, 7) is 7.61. The van der Waals surface area contributed by atoms with Gasteiger partial charge in [-0.2, -0.15) is 0 Å². The second-order valence-electron chi connectivity index (χ2n) is 1.84. The molecule has 0 bridgehead atoms. The molecule has 0 spiro atoms. The highest BCUT2D eigenvalue weighted by Gasteiger charge is 1.87. The van der Waals surface area contributed by atoms with Gasteiger partial charge in [0, 0.05) is 6.42 Å². The summed E-state index contributed by atoms with van der Waals surface area (Å²) in [6.07, 6.45) is 2.87. The van der Waals surface area contributed by atoms with E-state index in [0.717, 1.165) is 6.42 Å². The molecule has 0 heteroatoms. The van der Waals surface area contributed by atoms with Crippen LogP contribution in [0.2, 0.25) is 0 Å². The molecule has 0 aromatic carbocycles. The molecular formula is C8H12. The Bertz CT molecular complexity index is 112. The molecule has 0 rings (SSSR count). The highest BCUT2D eigenvalue weighted by atomic mass is 13.9. The maximum Gasteiger partial charge on any atom is 0.0149 e. The third-order valence-electron chi connectivity index (χ3n) is 1.00. The third kappa shape index (κ3) is 3.49. The third-order valence-corrected chi connectivity index (χ3v) is 1.00. The summed E-state index contributed by atoms with van der Waals surface area (Å²) < 4.78 is 0. The molecule has 0 amide bonds. The minimum absolute atomic E-state index is 0.544. The zero-order valence-corrected chi connectivity index (χ0v) is 5.57. The van der Waals surface area contributed by atoms with Gasteiger partial charge in [-0.3, -0.25) is 0 Å². The first kappa shape index (κ1) is 7.30. The van der Waals surface area contributed by atoms with Crippen molar-refractivity contribution in [3.8, 4) is 11.8 Å². The first-order valence-corrected chi connectivity index (χ1v) is 2.83. The van der Waals surface area contributed by atoms with Crippen LogP contribution in [0, 0.1) is 17.8 Å². The maximum absolute atomic E-state index is 3.65. The van der Waals surface area contributed by atoms with E-state index in [-0.39, 0.29) is 0 Å². The van der Waals surface area contributed by atoms with Crippen LogP contribution in [0.25, 0.3) is 0 Å². The van der Waals surface area contributed by atoms with E-state index in [0.29, 0.717) is 5.92 Å². The lowest BCUT2D eigenvalue weighted by Gasteiger charge is -1.94. The number of hydrogen-bond acceptors (Lipinski definition) is 0. The van der Waals surface area contributed by atoms with Crippen LogP contribution in [0.4, 0.5) is 0 Å². The van der Waals surface area contributed by atoms with Crippen LogP contribution >= 0.6 is 0 Å². The molecule has 0 heterocycles. The Morgan fingerprint density at radius 2 is 2.38 bits per heavy atom. The molecule has 0 saturated heterocycles. The standard InChI is InChI=1S/C8H12/c1-4-6-7-8(3)5-2/h5,8H,2,7H2,1,3H3. The number of rotatable bonds is 2. The van der Waals surface area contributed by atoms with Gasteiger partial charge in [0.05, 0.1) is 0 Å². The van der Waals surface area contributed by atoms with Gasteiger partial charge in [0.15, 0.2) is 0 Å². The van der Waals surface area contributed by atoms with Crippen molar-refractivity contribution < 1.29 is 0 Å². The zero-order chi connectivity index (χ0) is 6.41. The molecule has 0 aromatic heterocycles. The summed E-state index contributed by atoms with van der Waals surface area (Å²) in [5, 5.41) is 0. The fraction of sp³-hybridized carbons (Fsp3) is 0.500. The van der Waals surface area contributed by atoms with Gasteiger partial charge in [-0.05, 0) is 12.8 Å². The van der Waals surface area contributed by atoms with E-state index in [4.69, 9.17) is 0 Å². The number of hydrogen-bond donors (Lipinski definition) is 0. The van der Waals surface area contributed by atoms with E-state index in [1.165, 1.54) is 0 Å². The summed E-state index contributed by atoms with van der Waals surface area (Å²) in [5.41, 5.74) is 0. The van der Waals surface area contributed by atoms with E-state index >= 15 is 0 Å². The molecule has 44 valence electrons. The molecule has 1 unspecified atom stereocenters. The lowest BCUT2D eigenvalue weighted by Crippen LogP contribution is -1.83. The largest absolute Gasteiger partial charge is 0.107 e. The van der Waals surface area contributed by atoms with Gasteiger partial charge in [-0.25, -0.2) is 0 Å². The van der Waals surface area contributed by atoms with E-state index < -0.39 is 0 Å². The van der Waals surface area contributed by atoms with Crippen molar-refractivity contribution >= 4 is 0 Å². The highest BCUT2D eigenvalue weighted by Crippen LogP contribution is 1.98. The van der Waals surface area contributed by atoms with Gasteiger partial charge in [0.2, 0.25) is 0 Å². The Balaban J connectivity index is 3.33. The van der Waals surface area contributed by atoms with Gasteiger partial charge >= 0.3 is 0 Å². The van der Waals surface area contributed by atoms with Crippen molar-refractivity contribution in [2.24, 2.45) is 5.92 Å². The molecule has 0 aliphatic heterocycles. The maximum atomic E-state index is 3.65. The molecular weight excluding hydrogens is 96.1 g/mol. The summed E-state index contributed by atoms with van der Waals surface area (Å²) in [5.74, 6) is 6.36. The van der Waals surface area contributed by atoms with Crippen LogP contribution in [0.1, 0.15) is 20.3 Å².